The zero-order valence-electron chi connectivity index (χ0n) is 18.5. The number of pyridine rings is 1. The maximum atomic E-state index is 13.3. The number of halogens is 3. The number of amides is 1. The van der Waals surface area contributed by atoms with Gasteiger partial charge in [0.2, 0.25) is 6.79 Å². The second-order valence-electron chi connectivity index (χ2n) is 9.24. The van der Waals surface area contributed by atoms with Crippen LogP contribution < -0.4 is 15.0 Å². The van der Waals surface area contributed by atoms with Gasteiger partial charge in [0.25, 0.3) is 11.5 Å². The minimum Gasteiger partial charge on any atom is -0.454 e. The molecule has 0 N–H and O–H groups in total. The van der Waals surface area contributed by atoms with Crippen LogP contribution in [0.25, 0.3) is 11.1 Å². The number of hydrogen-bond acceptors (Lipinski definition) is 4. The van der Waals surface area contributed by atoms with Crippen molar-refractivity contribution in [2.75, 3.05) is 19.9 Å². The second-order valence-corrected chi connectivity index (χ2v) is 9.24. The molecule has 6 rings (SSSR count). The molecule has 180 valence electrons. The molecule has 3 aliphatic heterocycles. The van der Waals surface area contributed by atoms with Gasteiger partial charge in [0.05, 0.1) is 5.56 Å². The van der Waals surface area contributed by atoms with Gasteiger partial charge in [-0.05, 0) is 60.4 Å². The first kappa shape index (κ1) is 21.8. The monoisotopic (exact) mass is 482 g/mol. The summed E-state index contributed by atoms with van der Waals surface area (Å²) in [5, 5.41) is 0. The third kappa shape index (κ3) is 3.75. The van der Waals surface area contributed by atoms with Crippen LogP contribution in [0.3, 0.4) is 0 Å². The maximum Gasteiger partial charge on any atom is 0.416 e. The molecule has 0 unspecified atom stereocenters. The van der Waals surface area contributed by atoms with Crippen LogP contribution in [0.1, 0.15) is 34.0 Å². The Morgan fingerprint density at radius 1 is 0.943 bits per heavy atom. The van der Waals surface area contributed by atoms with Gasteiger partial charge in [0, 0.05) is 42.4 Å². The summed E-state index contributed by atoms with van der Waals surface area (Å²) in [5.74, 6) is 1.11. The molecule has 2 aromatic carbocycles. The van der Waals surface area contributed by atoms with Crippen LogP contribution >= 0.6 is 0 Å². The van der Waals surface area contributed by atoms with Crippen molar-refractivity contribution in [3.05, 3.63) is 81.8 Å². The molecule has 1 fully saturated rings. The minimum atomic E-state index is -4.48. The Labute approximate surface area is 198 Å². The summed E-state index contributed by atoms with van der Waals surface area (Å²) < 4.78 is 51.9. The van der Waals surface area contributed by atoms with E-state index in [9.17, 15) is 22.8 Å². The maximum absolute atomic E-state index is 13.3. The highest BCUT2D eigenvalue weighted by atomic mass is 19.4. The molecule has 1 saturated heterocycles. The Balaban J connectivity index is 1.29. The van der Waals surface area contributed by atoms with Crippen molar-refractivity contribution in [3.8, 4) is 22.6 Å². The molecule has 2 bridgehead atoms. The zero-order valence-corrected chi connectivity index (χ0v) is 18.5. The first-order valence-corrected chi connectivity index (χ1v) is 11.4. The van der Waals surface area contributed by atoms with Gasteiger partial charge >= 0.3 is 6.18 Å². The largest absolute Gasteiger partial charge is 0.454 e. The van der Waals surface area contributed by atoms with Crippen LogP contribution in [0.2, 0.25) is 0 Å². The summed E-state index contributed by atoms with van der Waals surface area (Å²) in [5.41, 5.74) is 0.735. The lowest BCUT2D eigenvalue weighted by Gasteiger charge is -2.43. The Bertz CT molecular complexity index is 1400. The molecule has 1 aromatic heterocycles. The Morgan fingerprint density at radius 3 is 2.60 bits per heavy atom. The van der Waals surface area contributed by atoms with Crippen LogP contribution in [0.5, 0.6) is 11.5 Å². The van der Waals surface area contributed by atoms with E-state index in [-0.39, 0.29) is 41.2 Å². The SMILES string of the molecule is O=C(c1ccc2c(c1)OCO2)N1C[C@H]2C[C@H](C1)c1ccc(-c3cccc(C(F)(F)F)c3)c(=O)n1C2. The average Bonchev–Trinajstić information content (AvgIpc) is 3.32. The first-order chi connectivity index (χ1) is 16.8. The summed E-state index contributed by atoms with van der Waals surface area (Å²) in [4.78, 5) is 28.4. The average molecular weight is 482 g/mol. The quantitative estimate of drug-likeness (QED) is 0.539. The van der Waals surface area contributed by atoms with Crippen LogP contribution in [-0.4, -0.2) is 35.3 Å². The lowest BCUT2D eigenvalue weighted by molar-refractivity contribution is -0.137. The van der Waals surface area contributed by atoms with Crippen LogP contribution in [-0.2, 0) is 12.7 Å². The number of hydrogen-bond donors (Lipinski definition) is 0. The molecule has 0 aliphatic carbocycles. The van der Waals surface area contributed by atoms with Crippen molar-refractivity contribution in [1.82, 2.24) is 9.47 Å². The van der Waals surface area contributed by atoms with E-state index in [1.807, 2.05) is 11.0 Å². The topological polar surface area (TPSA) is 60.8 Å². The molecule has 6 nitrogen and oxygen atoms in total. The number of likely N-dealkylation sites (tertiary alicyclic amines) is 1. The second kappa shape index (κ2) is 7.90. The van der Waals surface area contributed by atoms with E-state index in [0.717, 1.165) is 24.2 Å². The van der Waals surface area contributed by atoms with Crippen molar-refractivity contribution in [3.63, 3.8) is 0 Å². The van der Waals surface area contributed by atoms with E-state index in [0.29, 0.717) is 36.7 Å². The van der Waals surface area contributed by atoms with Gasteiger partial charge in [0.1, 0.15) is 0 Å². The predicted octanol–water partition coefficient (Wildman–Crippen LogP) is 4.52. The fourth-order valence-corrected chi connectivity index (χ4v) is 5.41. The molecule has 4 heterocycles. The van der Waals surface area contributed by atoms with E-state index >= 15 is 0 Å². The molecule has 0 saturated carbocycles. The molecule has 9 heteroatoms. The summed E-state index contributed by atoms with van der Waals surface area (Å²) in [6, 6.07) is 13.4. The molecular formula is C26H21F3N2O4. The molecule has 3 aliphatic rings. The third-order valence-electron chi connectivity index (χ3n) is 7.01. The number of alkyl halides is 3. The highest BCUT2D eigenvalue weighted by molar-refractivity contribution is 5.95. The molecule has 3 aromatic rings. The van der Waals surface area contributed by atoms with Crippen LogP contribution in [0.15, 0.2) is 59.4 Å². The van der Waals surface area contributed by atoms with Gasteiger partial charge in [-0.2, -0.15) is 13.2 Å². The fraction of sp³-hybridized carbons (Fsp3) is 0.308. The van der Waals surface area contributed by atoms with Crippen molar-refractivity contribution < 1.29 is 27.4 Å². The van der Waals surface area contributed by atoms with Gasteiger partial charge in [-0.15, -0.1) is 0 Å². The van der Waals surface area contributed by atoms with Gasteiger partial charge in [0.15, 0.2) is 11.5 Å². The van der Waals surface area contributed by atoms with Crippen molar-refractivity contribution in [2.24, 2.45) is 5.92 Å². The smallest absolute Gasteiger partial charge is 0.416 e. The number of ether oxygens (including phenoxy) is 2. The highest BCUT2D eigenvalue weighted by Gasteiger charge is 2.37. The Morgan fingerprint density at radius 2 is 1.77 bits per heavy atom. The van der Waals surface area contributed by atoms with E-state index in [1.165, 1.54) is 12.1 Å². The van der Waals surface area contributed by atoms with Crippen LogP contribution in [0.4, 0.5) is 13.2 Å². The number of aromatic nitrogens is 1. The number of piperidine rings is 1. The van der Waals surface area contributed by atoms with Crippen LogP contribution in [0, 0.1) is 5.92 Å². The van der Waals surface area contributed by atoms with Crippen molar-refractivity contribution in [2.45, 2.75) is 25.1 Å². The van der Waals surface area contributed by atoms with E-state index in [1.54, 1.807) is 28.8 Å². The summed E-state index contributed by atoms with van der Waals surface area (Å²) in [6.45, 7) is 1.52. The predicted molar refractivity (Wildman–Crippen MR) is 120 cm³/mol. The summed E-state index contributed by atoms with van der Waals surface area (Å²) in [7, 11) is 0. The number of benzene rings is 2. The molecule has 0 radical (unpaired) electrons. The molecule has 1 amide bonds. The van der Waals surface area contributed by atoms with Gasteiger partial charge in [-0.3, -0.25) is 9.59 Å². The summed E-state index contributed by atoms with van der Waals surface area (Å²) in [6.07, 6.45) is -3.63. The standard InChI is InChI=1S/C26H21F3N2O4/c27-26(28,29)19-3-1-2-16(9-19)20-5-6-21-18-8-15(12-31(21)25(20)33)11-30(13-18)24(32)17-4-7-22-23(10-17)35-14-34-22/h1-7,9-10,15,18H,8,11-14H2/t15-,18-/m1/s1. The molecule has 0 spiro atoms. The zero-order chi connectivity index (χ0) is 24.3. The number of nitrogens with zero attached hydrogens (tertiary/aromatic N) is 2. The normalized spacial score (nSPS) is 20.5. The van der Waals surface area contributed by atoms with Gasteiger partial charge < -0.3 is 18.9 Å². The minimum absolute atomic E-state index is 0.0243. The van der Waals surface area contributed by atoms with Gasteiger partial charge in [-0.25, -0.2) is 0 Å². The lowest BCUT2D eigenvalue weighted by Crippen LogP contribution is -2.49. The number of carbonyl (C=O) groups excluding carboxylic acids is 1. The molecular weight excluding hydrogens is 461 g/mol. The van der Waals surface area contributed by atoms with E-state index in [4.69, 9.17) is 9.47 Å². The van der Waals surface area contributed by atoms with E-state index in [2.05, 4.69) is 0 Å². The van der Waals surface area contributed by atoms with Crippen molar-refractivity contribution >= 4 is 5.91 Å². The van der Waals surface area contributed by atoms with Gasteiger partial charge in [-0.1, -0.05) is 12.1 Å². The Hall–Kier alpha value is -3.75. The number of carbonyl (C=O) groups is 1. The highest BCUT2D eigenvalue weighted by Crippen LogP contribution is 2.38. The third-order valence-corrected chi connectivity index (χ3v) is 7.01. The molecule has 35 heavy (non-hydrogen) atoms. The van der Waals surface area contributed by atoms with Crippen molar-refractivity contribution in [1.29, 1.82) is 0 Å². The molecule has 2 atom stereocenters. The fourth-order valence-electron chi connectivity index (χ4n) is 5.41. The Kier molecular flexibility index (Phi) is 4.91. The summed E-state index contributed by atoms with van der Waals surface area (Å²) >= 11 is 0. The first-order valence-electron chi connectivity index (χ1n) is 11.4. The number of rotatable bonds is 2. The number of fused-ring (bicyclic) bond motifs is 5. The lowest BCUT2D eigenvalue weighted by atomic mass is 9.82. The van der Waals surface area contributed by atoms with E-state index < -0.39 is 11.7 Å².